The minimum Gasteiger partial charge on any atom is -0.508 e. The molecule has 4 aromatic rings. The molecular formula is C36H41F3N6O2. The van der Waals surface area contributed by atoms with Crippen molar-refractivity contribution in [3.63, 3.8) is 0 Å². The molecule has 47 heavy (non-hydrogen) atoms. The highest BCUT2D eigenvalue weighted by Crippen LogP contribution is 2.47. The van der Waals surface area contributed by atoms with Gasteiger partial charge in [-0.25, -0.2) is 18.2 Å². The summed E-state index contributed by atoms with van der Waals surface area (Å²) in [7, 11) is 0. The first-order chi connectivity index (χ1) is 22.6. The number of piperazine rings is 1. The molecule has 2 aromatic heterocycles. The van der Waals surface area contributed by atoms with Crippen LogP contribution in [0, 0.1) is 24.5 Å². The Morgan fingerprint density at radius 3 is 2.74 bits per heavy atom. The number of phenols is 1. The number of ether oxygens (including phenoxy) is 1. The van der Waals surface area contributed by atoms with E-state index >= 15 is 4.39 Å². The number of pyridine rings is 1. The number of halogens is 3. The summed E-state index contributed by atoms with van der Waals surface area (Å²) in [5.74, 6) is -0.580. The maximum absolute atomic E-state index is 17.2. The van der Waals surface area contributed by atoms with Gasteiger partial charge in [0.1, 0.15) is 41.4 Å². The Labute approximate surface area is 272 Å². The van der Waals surface area contributed by atoms with Crippen LogP contribution in [0.5, 0.6) is 11.8 Å². The second-order valence-electron chi connectivity index (χ2n) is 14.2. The van der Waals surface area contributed by atoms with E-state index in [9.17, 15) is 13.9 Å². The van der Waals surface area contributed by atoms with Gasteiger partial charge in [0.2, 0.25) is 0 Å². The fraction of sp³-hybridized carbons (Fsp3) is 0.528. The summed E-state index contributed by atoms with van der Waals surface area (Å²) in [5.41, 5.74) is 0.959. The molecule has 0 amide bonds. The van der Waals surface area contributed by atoms with Crippen molar-refractivity contribution in [1.82, 2.24) is 25.2 Å². The summed E-state index contributed by atoms with van der Waals surface area (Å²) >= 11 is 0. The number of hydrogen-bond donors (Lipinski definition) is 2. The summed E-state index contributed by atoms with van der Waals surface area (Å²) < 4.78 is 53.1. The highest BCUT2D eigenvalue weighted by atomic mass is 19.1. The Balaban J connectivity index is 1.36. The van der Waals surface area contributed by atoms with E-state index in [-0.39, 0.29) is 53.5 Å². The molecule has 11 heteroatoms. The molecule has 0 bridgehead atoms. The first-order valence-corrected chi connectivity index (χ1v) is 16.9. The minimum absolute atomic E-state index is 0.00203. The van der Waals surface area contributed by atoms with Crippen LogP contribution in [-0.2, 0) is 0 Å². The van der Waals surface area contributed by atoms with Gasteiger partial charge in [0, 0.05) is 49.6 Å². The largest absolute Gasteiger partial charge is 0.508 e. The molecule has 0 aliphatic carbocycles. The third kappa shape index (κ3) is 4.75. The number of hydrogen-bond acceptors (Lipinski definition) is 8. The molecule has 0 saturated carbocycles. The molecule has 4 aliphatic heterocycles. The van der Waals surface area contributed by atoms with Gasteiger partial charge in [0.15, 0.2) is 5.82 Å². The zero-order chi connectivity index (χ0) is 32.8. The first-order valence-electron chi connectivity index (χ1n) is 16.9. The van der Waals surface area contributed by atoms with Gasteiger partial charge in [-0.1, -0.05) is 26.8 Å². The molecule has 0 unspecified atom stereocenters. The van der Waals surface area contributed by atoms with Gasteiger partial charge in [-0.3, -0.25) is 4.90 Å². The molecule has 6 atom stereocenters. The van der Waals surface area contributed by atoms with E-state index in [0.29, 0.717) is 58.3 Å². The molecule has 8 rings (SSSR count). The molecule has 0 radical (unpaired) electrons. The van der Waals surface area contributed by atoms with Gasteiger partial charge in [-0.2, -0.15) is 9.97 Å². The number of aromatic nitrogens is 3. The Hall–Kier alpha value is -3.70. The van der Waals surface area contributed by atoms with Crippen LogP contribution < -0.4 is 15.0 Å². The van der Waals surface area contributed by atoms with Crippen LogP contribution in [0.3, 0.4) is 0 Å². The summed E-state index contributed by atoms with van der Waals surface area (Å²) in [5, 5.41) is 16.0. The molecule has 248 valence electrons. The Morgan fingerprint density at radius 2 is 1.94 bits per heavy atom. The van der Waals surface area contributed by atoms with Gasteiger partial charge in [0.05, 0.1) is 16.6 Å². The molecule has 3 fully saturated rings. The van der Waals surface area contributed by atoms with Crippen LogP contribution in [0.25, 0.3) is 32.9 Å². The Morgan fingerprint density at radius 1 is 1.11 bits per heavy atom. The summed E-state index contributed by atoms with van der Waals surface area (Å²) in [4.78, 5) is 19.2. The Kier molecular flexibility index (Phi) is 7.29. The van der Waals surface area contributed by atoms with Crippen molar-refractivity contribution < 1.29 is 23.0 Å². The highest BCUT2D eigenvalue weighted by molar-refractivity contribution is 6.02. The normalized spacial score (nSPS) is 28.9. The SMILES string of the molecule is CC[C@@H]1CN2c3nc(OC[C@@]45CCCN4C[C@H](F)C5)nc4c(F)c(-c5cc(O)cc6ccc(F)c(C)c56)nc(c34)[C@H](C)[C@H](C)[C@H]2CN1. The second kappa shape index (κ2) is 11.2. The molecule has 4 aliphatic rings. The molecule has 0 spiro atoms. The summed E-state index contributed by atoms with van der Waals surface area (Å²) in [6, 6.07) is 6.25. The quantitative estimate of drug-likeness (QED) is 0.258. The third-order valence-corrected chi connectivity index (χ3v) is 11.6. The number of rotatable bonds is 5. The lowest BCUT2D eigenvalue weighted by atomic mass is 9.84. The van der Waals surface area contributed by atoms with E-state index in [1.54, 1.807) is 19.1 Å². The predicted octanol–water partition coefficient (Wildman–Crippen LogP) is 6.40. The van der Waals surface area contributed by atoms with Crippen molar-refractivity contribution >= 4 is 27.5 Å². The molecule has 8 nitrogen and oxygen atoms in total. The lowest BCUT2D eigenvalue weighted by molar-refractivity contribution is 0.107. The molecule has 6 heterocycles. The van der Waals surface area contributed by atoms with Gasteiger partial charge >= 0.3 is 6.01 Å². The van der Waals surface area contributed by atoms with Crippen molar-refractivity contribution in [1.29, 1.82) is 0 Å². The van der Waals surface area contributed by atoms with E-state index in [2.05, 4.69) is 35.9 Å². The third-order valence-electron chi connectivity index (χ3n) is 11.6. The van der Waals surface area contributed by atoms with Crippen molar-refractivity contribution in [2.75, 3.05) is 37.7 Å². The van der Waals surface area contributed by atoms with Gasteiger partial charge in [0.25, 0.3) is 0 Å². The number of fused-ring (bicyclic) bond motifs is 4. The minimum atomic E-state index is -0.907. The topological polar surface area (TPSA) is 86.6 Å². The Bertz CT molecular complexity index is 1910. The van der Waals surface area contributed by atoms with Gasteiger partial charge in [-0.05, 0) is 73.2 Å². The number of aromatic hydroxyl groups is 1. The smallest absolute Gasteiger partial charge is 0.319 e. The van der Waals surface area contributed by atoms with E-state index in [4.69, 9.17) is 19.7 Å². The van der Waals surface area contributed by atoms with E-state index in [1.807, 2.05) is 0 Å². The van der Waals surface area contributed by atoms with E-state index in [0.717, 1.165) is 32.4 Å². The second-order valence-corrected chi connectivity index (χ2v) is 14.2. The predicted molar refractivity (Wildman–Crippen MR) is 176 cm³/mol. The van der Waals surface area contributed by atoms with Crippen LogP contribution in [-0.4, -0.2) is 81.5 Å². The number of phenolic OH excluding ortho intramolecular Hbond substituents is 1. The van der Waals surface area contributed by atoms with Crippen LogP contribution >= 0.6 is 0 Å². The first kappa shape index (κ1) is 30.6. The highest BCUT2D eigenvalue weighted by Gasteiger charge is 2.49. The van der Waals surface area contributed by atoms with Crippen molar-refractivity contribution in [2.24, 2.45) is 5.92 Å². The lowest BCUT2D eigenvalue weighted by Gasteiger charge is -2.43. The van der Waals surface area contributed by atoms with Gasteiger partial charge in [-0.15, -0.1) is 0 Å². The van der Waals surface area contributed by atoms with E-state index in [1.165, 1.54) is 12.1 Å². The number of nitrogens with zero attached hydrogens (tertiary/aromatic N) is 5. The van der Waals surface area contributed by atoms with Crippen LogP contribution in [0.2, 0.25) is 0 Å². The van der Waals surface area contributed by atoms with Crippen LogP contribution in [0.1, 0.15) is 63.6 Å². The number of anilines is 1. The standard InChI is InChI=1S/C36H41F3N6O2/c1-5-23-16-45-27(14-40-23)18(2)19(3)31-29-33(42-35(43-34(29)45)47-17-36-9-6-10-44(36)15-22(37)13-36)30(39)32(41-31)25-12-24(46)11-21-7-8-26(38)20(4)28(21)25/h7-8,11-12,18-19,22-23,27,40,46H,5-6,9-10,13-17H2,1-4H3/t18-,19+,22+,23+,27+,36-/m0/s1. The van der Waals surface area contributed by atoms with Crippen LogP contribution in [0.15, 0.2) is 24.3 Å². The number of nitrogens with one attached hydrogen (secondary N) is 1. The maximum Gasteiger partial charge on any atom is 0.319 e. The zero-order valence-corrected chi connectivity index (χ0v) is 27.3. The average Bonchev–Trinajstić information content (AvgIpc) is 3.57. The average molecular weight is 647 g/mol. The van der Waals surface area contributed by atoms with Crippen molar-refractivity contribution in [3.8, 4) is 23.0 Å². The summed E-state index contributed by atoms with van der Waals surface area (Å²) in [6.07, 6.45) is 2.21. The lowest BCUT2D eigenvalue weighted by Crippen LogP contribution is -2.59. The zero-order valence-electron chi connectivity index (χ0n) is 27.3. The van der Waals surface area contributed by atoms with Crippen molar-refractivity contribution in [3.05, 3.63) is 47.2 Å². The monoisotopic (exact) mass is 646 g/mol. The molecule has 3 saturated heterocycles. The molecule has 2 aromatic carbocycles. The summed E-state index contributed by atoms with van der Waals surface area (Å²) in [6.45, 7) is 10.9. The number of aryl methyl sites for hydroxylation is 1. The number of benzene rings is 2. The fourth-order valence-corrected chi connectivity index (χ4v) is 8.79. The van der Waals surface area contributed by atoms with Gasteiger partial charge < -0.3 is 20.1 Å². The molecular weight excluding hydrogens is 605 g/mol. The fourth-order valence-electron chi connectivity index (χ4n) is 8.79. The molecule has 2 N–H and O–H groups in total. The van der Waals surface area contributed by atoms with Crippen molar-refractivity contribution in [2.45, 2.75) is 83.1 Å². The van der Waals surface area contributed by atoms with Crippen LogP contribution in [0.4, 0.5) is 19.0 Å². The van der Waals surface area contributed by atoms with E-state index < -0.39 is 23.3 Å². The number of alkyl halides is 1. The maximum atomic E-state index is 17.2.